The Morgan fingerprint density at radius 1 is 1.37 bits per heavy atom. The first kappa shape index (κ1) is 15.5. The number of allylic oxidation sites excluding steroid dienone is 3. The number of carbonyl (C=O) groups is 2. The summed E-state index contributed by atoms with van der Waals surface area (Å²) in [6.45, 7) is 4.84. The van der Waals surface area contributed by atoms with Crippen LogP contribution in [0.5, 0.6) is 0 Å². The van der Waals surface area contributed by atoms with Gasteiger partial charge in [-0.15, -0.1) is 0 Å². The fraction of sp³-hybridized carbons (Fsp3) is 0.600. The van der Waals surface area contributed by atoms with Crippen molar-refractivity contribution in [3.05, 3.63) is 24.3 Å². The molecule has 1 aliphatic rings. The van der Waals surface area contributed by atoms with E-state index >= 15 is 0 Å². The molecular formula is C15H23NO3. The third kappa shape index (κ3) is 3.94. The normalized spacial score (nSPS) is 24.2. The topological polar surface area (TPSA) is 57.6 Å². The van der Waals surface area contributed by atoms with Gasteiger partial charge in [0.15, 0.2) is 0 Å². The number of aliphatic carboxylic acids is 1. The van der Waals surface area contributed by atoms with Crippen LogP contribution >= 0.6 is 0 Å². The minimum atomic E-state index is -0.774. The minimum absolute atomic E-state index is 0.0977. The number of amides is 1. The van der Waals surface area contributed by atoms with Gasteiger partial charge in [-0.3, -0.25) is 9.59 Å². The Hall–Kier alpha value is -1.58. The molecule has 4 nitrogen and oxygen atoms in total. The molecule has 1 saturated heterocycles. The Morgan fingerprint density at radius 2 is 2.11 bits per heavy atom. The van der Waals surface area contributed by atoms with E-state index in [1.165, 1.54) is 6.08 Å². The highest BCUT2D eigenvalue weighted by molar-refractivity contribution is 5.88. The molecule has 1 N–H and O–H groups in total. The van der Waals surface area contributed by atoms with Gasteiger partial charge in [0.25, 0.3) is 0 Å². The summed E-state index contributed by atoms with van der Waals surface area (Å²) in [5.41, 5.74) is -0.753. The molecule has 106 valence electrons. The highest BCUT2D eigenvalue weighted by atomic mass is 16.4. The first-order valence-corrected chi connectivity index (χ1v) is 6.87. The van der Waals surface area contributed by atoms with E-state index < -0.39 is 11.4 Å². The predicted molar refractivity (Wildman–Crippen MR) is 74.7 cm³/mol. The molecule has 1 heterocycles. The zero-order chi connectivity index (χ0) is 14.3. The second kappa shape index (κ2) is 7.12. The average Bonchev–Trinajstić information content (AvgIpc) is 2.39. The van der Waals surface area contributed by atoms with Gasteiger partial charge < -0.3 is 10.0 Å². The lowest BCUT2D eigenvalue weighted by Crippen LogP contribution is -2.49. The lowest BCUT2D eigenvalue weighted by molar-refractivity contribution is -0.154. The van der Waals surface area contributed by atoms with Crippen LogP contribution in [-0.2, 0) is 9.59 Å². The lowest BCUT2D eigenvalue weighted by Gasteiger charge is -2.39. The molecule has 1 fully saturated rings. The quantitative estimate of drug-likeness (QED) is 0.614. The van der Waals surface area contributed by atoms with Gasteiger partial charge in [-0.1, -0.05) is 31.6 Å². The van der Waals surface area contributed by atoms with E-state index in [1.54, 1.807) is 17.1 Å². The largest absolute Gasteiger partial charge is 0.481 e. The molecule has 0 aromatic heterocycles. The van der Waals surface area contributed by atoms with Crippen LogP contribution in [0.4, 0.5) is 0 Å². The summed E-state index contributed by atoms with van der Waals surface area (Å²) in [5, 5.41) is 9.47. The Morgan fingerprint density at radius 3 is 2.68 bits per heavy atom. The van der Waals surface area contributed by atoms with Gasteiger partial charge in [0.05, 0.1) is 5.41 Å². The van der Waals surface area contributed by atoms with Crippen molar-refractivity contribution in [1.29, 1.82) is 0 Å². The molecule has 0 aliphatic carbocycles. The van der Waals surface area contributed by atoms with Crippen LogP contribution in [0.3, 0.4) is 0 Å². The molecule has 0 spiro atoms. The van der Waals surface area contributed by atoms with Crippen LogP contribution in [0.25, 0.3) is 0 Å². The molecule has 0 bridgehead atoms. The van der Waals surface area contributed by atoms with E-state index in [0.717, 1.165) is 12.8 Å². The molecule has 0 aromatic rings. The zero-order valence-corrected chi connectivity index (χ0v) is 11.8. The Kier molecular flexibility index (Phi) is 5.80. The maximum absolute atomic E-state index is 12.0. The first-order chi connectivity index (χ1) is 9.05. The van der Waals surface area contributed by atoms with Gasteiger partial charge in [0.1, 0.15) is 0 Å². The maximum atomic E-state index is 12.0. The van der Waals surface area contributed by atoms with Gasteiger partial charge in [-0.05, 0) is 26.2 Å². The summed E-state index contributed by atoms with van der Waals surface area (Å²) in [6, 6.07) is 0. The summed E-state index contributed by atoms with van der Waals surface area (Å²) >= 11 is 0. The Balaban J connectivity index is 2.77. The number of nitrogens with zero attached hydrogens (tertiary/aromatic N) is 1. The van der Waals surface area contributed by atoms with Crippen LogP contribution in [0, 0.1) is 5.41 Å². The van der Waals surface area contributed by atoms with Crippen molar-refractivity contribution in [1.82, 2.24) is 4.90 Å². The maximum Gasteiger partial charge on any atom is 0.311 e. The van der Waals surface area contributed by atoms with Gasteiger partial charge in [0.2, 0.25) is 5.91 Å². The Bertz CT molecular complexity index is 383. The van der Waals surface area contributed by atoms with Crippen LogP contribution in [0.1, 0.15) is 39.5 Å². The predicted octanol–water partition coefficient (Wildman–Crippen LogP) is 2.61. The van der Waals surface area contributed by atoms with E-state index in [4.69, 9.17) is 0 Å². The molecule has 1 unspecified atom stereocenters. The van der Waals surface area contributed by atoms with Crippen molar-refractivity contribution < 1.29 is 14.7 Å². The van der Waals surface area contributed by atoms with Gasteiger partial charge in [0, 0.05) is 19.2 Å². The van der Waals surface area contributed by atoms with Crippen molar-refractivity contribution in [2.75, 3.05) is 13.1 Å². The molecule has 4 heteroatoms. The van der Waals surface area contributed by atoms with Crippen molar-refractivity contribution >= 4 is 11.9 Å². The summed E-state index contributed by atoms with van der Waals surface area (Å²) in [6.07, 6.45) is 9.71. The molecule has 1 aliphatic heterocycles. The molecule has 1 rings (SSSR count). The number of carboxylic acid groups (broad SMARTS) is 1. The van der Waals surface area contributed by atoms with Gasteiger partial charge in [-0.2, -0.15) is 0 Å². The monoisotopic (exact) mass is 265 g/mol. The first-order valence-electron chi connectivity index (χ1n) is 6.87. The highest BCUT2D eigenvalue weighted by Crippen LogP contribution is 2.35. The van der Waals surface area contributed by atoms with Crippen molar-refractivity contribution in [2.45, 2.75) is 39.5 Å². The highest BCUT2D eigenvalue weighted by Gasteiger charge is 2.42. The standard InChI is InChI=1S/C15H23NO3/c1-3-5-6-8-13(17)16-11-7-10-15(12-16,9-4-2)14(18)19/h3,5-6,8H,4,7,9-12H2,1-2H3,(H,18,19). The van der Waals surface area contributed by atoms with E-state index in [9.17, 15) is 14.7 Å². The molecule has 0 saturated carbocycles. The molecule has 19 heavy (non-hydrogen) atoms. The number of piperidine rings is 1. The van der Waals surface area contributed by atoms with Crippen molar-refractivity contribution in [3.8, 4) is 0 Å². The number of likely N-dealkylation sites (tertiary alicyclic amines) is 1. The van der Waals surface area contributed by atoms with Crippen molar-refractivity contribution in [2.24, 2.45) is 5.41 Å². The van der Waals surface area contributed by atoms with Crippen LogP contribution in [-0.4, -0.2) is 35.0 Å². The number of rotatable bonds is 5. The van der Waals surface area contributed by atoms with E-state index in [-0.39, 0.29) is 5.91 Å². The van der Waals surface area contributed by atoms with Gasteiger partial charge >= 0.3 is 5.97 Å². The van der Waals surface area contributed by atoms with E-state index in [0.29, 0.717) is 25.9 Å². The summed E-state index contributed by atoms with van der Waals surface area (Å²) < 4.78 is 0. The third-order valence-corrected chi connectivity index (χ3v) is 3.61. The second-order valence-corrected chi connectivity index (χ2v) is 5.08. The molecular weight excluding hydrogens is 242 g/mol. The second-order valence-electron chi connectivity index (χ2n) is 5.08. The smallest absolute Gasteiger partial charge is 0.311 e. The van der Waals surface area contributed by atoms with E-state index in [2.05, 4.69) is 0 Å². The zero-order valence-electron chi connectivity index (χ0n) is 11.8. The molecule has 1 amide bonds. The third-order valence-electron chi connectivity index (χ3n) is 3.61. The number of carbonyl (C=O) groups excluding carboxylic acids is 1. The minimum Gasteiger partial charge on any atom is -0.481 e. The molecule has 0 aromatic carbocycles. The van der Waals surface area contributed by atoms with Crippen LogP contribution in [0.2, 0.25) is 0 Å². The van der Waals surface area contributed by atoms with Crippen LogP contribution in [0.15, 0.2) is 24.3 Å². The summed E-state index contributed by atoms with van der Waals surface area (Å²) in [5.74, 6) is -0.871. The average molecular weight is 265 g/mol. The fourth-order valence-electron chi connectivity index (χ4n) is 2.64. The van der Waals surface area contributed by atoms with Gasteiger partial charge in [-0.25, -0.2) is 0 Å². The molecule has 0 radical (unpaired) electrons. The fourth-order valence-corrected chi connectivity index (χ4v) is 2.64. The summed E-state index contributed by atoms with van der Waals surface area (Å²) in [4.78, 5) is 25.2. The Labute approximate surface area is 114 Å². The van der Waals surface area contributed by atoms with E-state index in [1.807, 2.05) is 19.9 Å². The number of hydrogen-bond acceptors (Lipinski definition) is 2. The number of hydrogen-bond donors (Lipinski definition) is 1. The molecule has 1 atom stereocenters. The SMILES string of the molecule is CC=CC=CC(=O)N1CCCC(CCC)(C(=O)O)C1. The summed E-state index contributed by atoms with van der Waals surface area (Å²) in [7, 11) is 0. The lowest BCUT2D eigenvalue weighted by atomic mass is 9.76. The van der Waals surface area contributed by atoms with Crippen molar-refractivity contribution in [3.63, 3.8) is 0 Å². The van der Waals surface area contributed by atoms with Crippen LogP contribution < -0.4 is 0 Å². The number of carboxylic acids is 1.